The summed E-state index contributed by atoms with van der Waals surface area (Å²) >= 11 is 1.62. The van der Waals surface area contributed by atoms with Gasteiger partial charge in [0.2, 0.25) is 0 Å². The number of hydrogen-bond acceptors (Lipinski definition) is 6. The maximum absolute atomic E-state index is 13.4. The highest BCUT2D eigenvalue weighted by molar-refractivity contribution is 7.21. The van der Waals surface area contributed by atoms with Crippen LogP contribution in [0, 0.1) is 0 Å². The van der Waals surface area contributed by atoms with E-state index in [-0.39, 0.29) is 0 Å². The lowest BCUT2D eigenvalue weighted by Crippen LogP contribution is -2.20. The van der Waals surface area contributed by atoms with Gasteiger partial charge in [0.05, 0.1) is 16.8 Å². The maximum atomic E-state index is 13.4. The van der Waals surface area contributed by atoms with Crippen molar-refractivity contribution in [2.24, 2.45) is 10.7 Å². The van der Waals surface area contributed by atoms with Crippen molar-refractivity contribution in [1.82, 2.24) is 9.97 Å². The zero-order chi connectivity index (χ0) is 18.8. The Morgan fingerprint density at radius 1 is 1.37 bits per heavy atom. The minimum Gasteiger partial charge on any atom is -0.404 e. The third-order valence-electron chi connectivity index (χ3n) is 4.62. The van der Waals surface area contributed by atoms with E-state index in [0.717, 1.165) is 44.3 Å². The van der Waals surface area contributed by atoms with Crippen LogP contribution in [0.25, 0.3) is 26.4 Å². The van der Waals surface area contributed by atoms with Crippen LogP contribution in [-0.4, -0.2) is 42.5 Å². The molecular formula is C20H20FN5S. The van der Waals surface area contributed by atoms with Gasteiger partial charge in [-0.1, -0.05) is 6.07 Å². The molecule has 7 heteroatoms. The van der Waals surface area contributed by atoms with Gasteiger partial charge in [0, 0.05) is 43.3 Å². The van der Waals surface area contributed by atoms with E-state index in [1.165, 1.54) is 0 Å². The molecule has 2 aromatic heterocycles. The molecule has 1 aromatic carbocycles. The van der Waals surface area contributed by atoms with Crippen LogP contribution in [-0.2, 0) is 0 Å². The second-order valence-electron chi connectivity index (χ2n) is 6.45. The zero-order valence-corrected chi connectivity index (χ0v) is 15.8. The molecule has 1 aliphatic rings. The fourth-order valence-corrected chi connectivity index (χ4v) is 4.14. The molecule has 27 heavy (non-hydrogen) atoms. The second-order valence-corrected chi connectivity index (χ2v) is 7.48. The SMILES string of the molecule is CN=CC(=CN)c1ccc2sc(-c3ccc(N4CC[C@H](F)C4)nc3)nc2c1. The van der Waals surface area contributed by atoms with Crippen LogP contribution in [0.2, 0.25) is 0 Å². The molecule has 1 saturated heterocycles. The molecule has 138 valence electrons. The Bertz CT molecular complexity index is 1010. The number of benzene rings is 1. The van der Waals surface area contributed by atoms with Crippen LogP contribution in [0.15, 0.2) is 47.7 Å². The molecule has 0 unspecified atom stereocenters. The fourth-order valence-electron chi connectivity index (χ4n) is 3.21. The number of pyridine rings is 1. The van der Waals surface area contributed by atoms with Crippen molar-refractivity contribution in [3.63, 3.8) is 0 Å². The number of aliphatic imine (C=N–C) groups is 1. The Balaban J connectivity index is 1.62. The summed E-state index contributed by atoms with van der Waals surface area (Å²) in [5.74, 6) is 0.818. The minimum absolute atomic E-state index is 0.425. The summed E-state index contributed by atoms with van der Waals surface area (Å²) in [5, 5.41) is 0.911. The van der Waals surface area contributed by atoms with Gasteiger partial charge in [0.1, 0.15) is 17.0 Å². The quantitative estimate of drug-likeness (QED) is 0.696. The third kappa shape index (κ3) is 3.55. The van der Waals surface area contributed by atoms with Crippen LogP contribution >= 0.6 is 11.3 Å². The Kier molecular flexibility index (Phi) is 4.85. The van der Waals surface area contributed by atoms with Crippen LogP contribution in [0.4, 0.5) is 10.2 Å². The zero-order valence-electron chi connectivity index (χ0n) is 15.0. The third-order valence-corrected chi connectivity index (χ3v) is 5.70. The monoisotopic (exact) mass is 381 g/mol. The van der Waals surface area contributed by atoms with Gasteiger partial charge in [-0.3, -0.25) is 4.99 Å². The summed E-state index contributed by atoms with van der Waals surface area (Å²) in [6.07, 6.45) is 4.91. The topological polar surface area (TPSA) is 67.4 Å². The van der Waals surface area contributed by atoms with Gasteiger partial charge in [-0.15, -0.1) is 11.3 Å². The Morgan fingerprint density at radius 2 is 2.26 bits per heavy atom. The Labute approximate surface area is 161 Å². The van der Waals surface area contributed by atoms with E-state index < -0.39 is 6.17 Å². The first-order valence-electron chi connectivity index (χ1n) is 8.78. The molecule has 2 N–H and O–H groups in total. The predicted molar refractivity (Wildman–Crippen MR) is 111 cm³/mol. The van der Waals surface area contributed by atoms with Crippen LogP contribution < -0.4 is 10.6 Å². The molecular weight excluding hydrogens is 361 g/mol. The maximum Gasteiger partial charge on any atom is 0.128 e. The van der Waals surface area contributed by atoms with Gasteiger partial charge in [0.15, 0.2) is 0 Å². The highest BCUT2D eigenvalue weighted by atomic mass is 32.1. The predicted octanol–water partition coefficient (Wildman–Crippen LogP) is 3.91. The molecule has 0 bridgehead atoms. The summed E-state index contributed by atoms with van der Waals surface area (Å²) in [4.78, 5) is 15.3. The van der Waals surface area contributed by atoms with Crippen molar-refractivity contribution in [2.45, 2.75) is 12.6 Å². The summed E-state index contributed by atoms with van der Waals surface area (Å²) in [7, 11) is 1.72. The van der Waals surface area contributed by atoms with Gasteiger partial charge in [-0.2, -0.15) is 0 Å². The minimum atomic E-state index is -0.754. The Hall–Kier alpha value is -2.80. The van der Waals surface area contributed by atoms with Crippen LogP contribution in [0.5, 0.6) is 0 Å². The van der Waals surface area contributed by atoms with E-state index in [1.54, 1.807) is 30.8 Å². The lowest BCUT2D eigenvalue weighted by molar-refractivity contribution is 0.364. The molecule has 5 nitrogen and oxygen atoms in total. The smallest absolute Gasteiger partial charge is 0.128 e. The largest absolute Gasteiger partial charge is 0.404 e. The van der Waals surface area contributed by atoms with E-state index in [4.69, 9.17) is 10.7 Å². The molecule has 3 aromatic rings. The van der Waals surface area contributed by atoms with E-state index in [0.29, 0.717) is 13.0 Å². The number of alkyl halides is 1. The number of nitrogens with two attached hydrogens (primary N) is 1. The number of anilines is 1. The fraction of sp³-hybridized carbons (Fsp3) is 0.250. The van der Waals surface area contributed by atoms with Gasteiger partial charge in [-0.05, 0) is 36.2 Å². The number of fused-ring (bicyclic) bond motifs is 1. The number of nitrogens with zero attached hydrogens (tertiary/aromatic N) is 4. The summed E-state index contributed by atoms with van der Waals surface area (Å²) in [6, 6.07) is 10.0. The van der Waals surface area contributed by atoms with Crippen molar-refractivity contribution in [1.29, 1.82) is 0 Å². The number of thiazole rings is 1. The van der Waals surface area contributed by atoms with Crippen LogP contribution in [0.1, 0.15) is 12.0 Å². The van der Waals surface area contributed by atoms with Gasteiger partial charge >= 0.3 is 0 Å². The normalized spacial score (nSPS) is 18.1. The summed E-state index contributed by atoms with van der Waals surface area (Å²) in [5.41, 5.74) is 9.42. The number of halogens is 1. The molecule has 0 spiro atoms. The number of rotatable bonds is 4. The summed E-state index contributed by atoms with van der Waals surface area (Å²) < 4.78 is 14.5. The van der Waals surface area contributed by atoms with Crippen molar-refractivity contribution in [3.8, 4) is 10.6 Å². The Morgan fingerprint density at radius 3 is 2.93 bits per heavy atom. The van der Waals surface area contributed by atoms with E-state index in [9.17, 15) is 4.39 Å². The van der Waals surface area contributed by atoms with E-state index in [2.05, 4.69) is 9.98 Å². The van der Waals surface area contributed by atoms with Gasteiger partial charge in [-0.25, -0.2) is 14.4 Å². The first-order chi connectivity index (χ1) is 13.2. The molecule has 1 atom stereocenters. The van der Waals surface area contributed by atoms with Crippen LogP contribution in [0.3, 0.4) is 0 Å². The average Bonchev–Trinajstić information content (AvgIpc) is 3.32. The van der Waals surface area contributed by atoms with Crippen molar-refractivity contribution in [3.05, 3.63) is 48.3 Å². The molecule has 0 radical (unpaired) electrons. The van der Waals surface area contributed by atoms with Crippen molar-refractivity contribution < 1.29 is 4.39 Å². The van der Waals surface area contributed by atoms with Gasteiger partial charge < -0.3 is 10.6 Å². The summed E-state index contributed by atoms with van der Waals surface area (Å²) in [6.45, 7) is 1.14. The number of aromatic nitrogens is 2. The molecule has 4 rings (SSSR count). The number of allylic oxidation sites excluding steroid dienone is 1. The standard InChI is InChI=1S/C20H20FN5S/c1-23-10-15(9-22)13-2-4-18-17(8-13)25-20(27-18)14-3-5-19(24-11-14)26-7-6-16(21)12-26/h2-5,8-11,16H,6-7,12,22H2,1H3/t16-/m0/s1. The molecule has 0 amide bonds. The van der Waals surface area contributed by atoms with E-state index >= 15 is 0 Å². The molecule has 1 fully saturated rings. The second kappa shape index (κ2) is 7.44. The lowest BCUT2D eigenvalue weighted by Gasteiger charge is -2.15. The molecule has 0 aliphatic carbocycles. The molecule has 1 aliphatic heterocycles. The van der Waals surface area contributed by atoms with Crippen molar-refractivity contribution in [2.75, 3.05) is 25.0 Å². The van der Waals surface area contributed by atoms with Gasteiger partial charge in [0.25, 0.3) is 0 Å². The van der Waals surface area contributed by atoms with Crippen molar-refractivity contribution >= 4 is 39.2 Å². The van der Waals surface area contributed by atoms with E-state index in [1.807, 2.05) is 41.4 Å². The highest BCUT2D eigenvalue weighted by Crippen LogP contribution is 2.32. The lowest BCUT2D eigenvalue weighted by atomic mass is 10.1. The molecule has 3 heterocycles. The first kappa shape index (κ1) is 17.6. The average molecular weight is 381 g/mol. The highest BCUT2D eigenvalue weighted by Gasteiger charge is 2.22. The first-order valence-corrected chi connectivity index (χ1v) is 9.60. The number of hydrogen-bond donors (Lipinski definition) is 1. The molecule has 0 saturated carbocycles.